The zero-order chi connectivity index (χ0) is 34.5. The van der Waals surface area contributed by atoms with Gasteiger partial charge >= 0.3 is 0 Å². The molecular weight excluding hydrogens is 623 g/mol. The van der Waals surface area contributed by atoms with E-state index < -0.39 is 0 Å². The number of hydrogen-bond donors (Lipinski definition) is 0. The Labute approximate surface area is 295 Å². The molecule has 7 aromatic rings. The topological polar surface area (TPSA) is 81.2 Å². The third kappa shape index (κ3) is 4.74. The summed E-state index contributed by atoms with van der Waals surface area (Å²) in [7, 11) is 0. The molecule has 238 valence electrons. The van der Waals surface area contributed by atoms with Gasteiger partial charge in [0.2, 0.25) is 0 Å². The van der Waals surface area contributed by atoms with Crippen LogP contribution in [0.5, 0.6) is 0 Å². The van der Waals surface area contributed by atoms with Crippen LogP contribution in [-0.2, 0) is 6.42 Å². The van der Waals surface area contributed by atoms with Gasteiger partial charge in [0.05, 0.1) is 45.5 Å². The lowest BCUT2D eigenvalue weighted by molar-refractivity contribution is 0.869. The van der Waals surface area contributed by atoms with E-state index in [4.69, 9.17) is 0 Å². The number of nitriles is 3. The normalized spacial score (nSPS) is 13.9. The van der Waals surface area contributed by atoms with Gasteiger partial charge < -0.3 is 9.13 Å². The lowest BCUT2D eigenvalue weighted by Crippen LogP contribution is -2.08. The van der Waals surface area contributed by atoms with Crippen LogP contribution in [0.3, 0.4) is 0 Å². The first-order valence-corrected chi connectivity index (χ1v) is 17.0. The molecule has 5 nitrogen and oxygen atoms in total. The summed E-state index contributed by atoms with van der Waals surface area (Å²) in [6.45, 7) is 0. The van der Waals surface area contributed by atoms with E-state index in [9.17, 15) is 15.8 Å². The SMILES string of the molecule is N#CC1=Cc2c(n(-c3ccccc3C3=CC=CC=C(c4cc(-n5c6ccccc6c6ccccc65)ccc4C#N)C3)c3c(C#N)cccc23)CC1. The maximum Gasteiger partial charge on any atom is 0.101 e. The highest BCUT2D eigenvalue weighted by Gasteiger charge is 2.25. The van der Waals surface area contributed by atoms with E-state index in [0.29, 0.717) is 30.4 Å². The van der Waals surface area contributed by atoms with Crippen molar-refractivity contribution in [1.29, 1.82) is 15.8 Å². The molecule has 0 saturated carbocycles. The molecule has 5 aromatic carbocycles. The molecule has 0 aliphatic heterocycles. The van der Waals surface area contributed by atoms with E-state index >= 15 is 0 Å². The van der Waals surface area contributed by atoms with Crippen molar-refractivity contribution in [3.63, 3.8) is 0 Å². The predicted octanol–water partition coefficient (Wildman–Crippen LogP) is 10.8. The minimum Gasteiger partial charge on any atom is -0.311 e. The van der Waals surface area contributed by atoms with Crippen LogP contribution in [0.1, 0.15) is 46.4 Å². The molecule has 0 fully saturated rings. The number of nitrogens with zero attached hydrogens (tertiary/aromatic N) is 5. The van der Waals surface area contributed by atoms with Gasteiger partial charge in [0, 0.05) is 44.2 Å². The van der Waals surface area contributed by atoms with Crippen molar-refractivity contribution < 1.29 is 0 Å². The summed E-state index contributed by atoms with van der Waals surface area (Å²) in [4.78, 5) is 0. The molecule has 0 spiro atoms. The van der Waals surface area contributed by atoms with Gasteiger partial charge in [-0.15, -0.1) is 0 Å². The van der Waals surface area contributed by atoms with Gasteiger partial charge in [-0.25, -0.2) is 0 Å². The number of allylic oxidation sites excluding steroid dienone is 7. The molecule has 0 atom stereocenters. The Morgan fingerprint density at radius 2 is 1.22 bits per heavy atom. The van der Waals surface area contributed by atoms with Gasteiger partial charge in [0.1, 0.15) is 6.07 Å². The summed E-state index contributed by atoms with van der Waals surface area (Å²) in [5, 5.41) is 33.7. The fourth-order valence-electron chi connectivity index (χ4n) is 7.98. The van der Waals surface area contributed by atoms with Gasteiger partial charge in [-0.3, -0.25) is 0 Å². The maximum absolute atomic E-state index is 10.4. The summed E-state index contributed by atoms with van der Waals surface area (Å²) in [5.74, 6) is 0. The Hall–Kier alpha value is -7.13. The second-order valence-corrected chi connectivity index (χ2v) is 13.0. The van der Waals surface area contributed by atoms with Crippen molar-refractivity contribution in [3.8, 4) is 29.6 Å². The number of hydrogen-bond acceptors (Lipinski definition) is 3. The van der Waals surface area contributed by atoms with E-state index in [1.807, 2.05) is 48.6 Å². The number of para-hydroxylation sites is 4. The van der Waals surface area contributed by atoms with Gasteiger partial charge in [-0.1, -0.05) is 91.0 Å². The molecule has 2 heterocycles. The van der Waals surface area contributed by atoms with Crippen LogP contribution in [0, 0.1) is 34.0 Å². The van der Waals surface area contributed by atoms with Gasteiger partial charge in [0.25, 0.3) is 0 Å². The van der Waals surface area contributed by atoms with Crippen LogP contribution in [0.2, 0.25) is 0 Å². The van der Waals surface area contributed by atoms with E-state index in [1.54, 1.807) is 0 Å². The number of rotatable bonds is 4. The average Bonchev–Trinajstić information content (AvgIpc) is 3.58. The van der Waals surface area contributed by atoms with E-state index in [0.717, 1.165) is 72.4 Å². The standard InChI is InChI=1S/C46H29N5/c47-27-30-20-23-45-41(24-30)39-16-9-12-34(29-49)46(39)51(45)42-17-6-3-13-36(42)31-10-1-2-11-32(25-31)40-26-35(22-21-33(40)28-48)50-43-18-7-4-14-37(43)38-15-5-8-19-44(38)50/h1-19,21-22,24,26H,20,23,25H2. The summed E-state index contributed by atoms with van der Waals surface area (Å²) < 4.78 is 4.53. The van der Waals surface area contributed by atoms with Crippen molar-refractivity contribution in [2.24, 2.45) is 0 Å². The molecule has 0 amide bonds. The largest absolute Gasteiger partial charge is 0.311 e. The molecule has 0 radical (unpaired) electrons. The van der Waals surface area contributed by atoms with Gasteiger partial charge in [0.15, 0.2) is 0 Å². The van der Waals surface area contributed by atoms with E-state index in [-0.39, 0.29) is 0 Å². The summed E-state index contributed by atoms with van der Waals surface area (Å²) in [6, 6.07) is 44.5. The average molecular weight is 652 g/mol. The molecule has 0 bridgehead atoms. The second kappa shape index (κ2) is 12.1. The Kier molecular flexibility index (Phi) is 7.10. The molecule has 5 heteroatoms. The first-order valence-electron chi connectivity index (χ1n) is 17.0. The molecule has 0 N–H and O–H groups in total. The molecule has 2 aliphatic rings. The Balaban J connectivity index is 1.19. The van der Waals surface area contributed by atoms with Gasteiger partial charge in [-0.2, -0.15) is 15.8 Å². The predicted molar refractivity (Wildman–Crippen MR) is 205 cm³/mol. The Morgan fingerprint density at radius 3 is 1.94 bits per heavy atom. The van der Waals surface area contributed by atoms with Crippen LogP contribution in [0.4, 0.5) is 0 Å². The van der Waals surface area contributed by atoms with Crippen LogP contribution in [-0.4, -0.2) is 9.13 Å². The maximum atomic E-state index is 10.4. The molecule has 0 saturated heterocycles. The molecule has 2 aromatic heterocycles. The summed E-state index contributed by atoms with van der Waals surface area (Å²) >= 11 is 0. The first-order chi connectivity index (χ1) is 25.2. The van der Waals surface area contributed by atoms with E-state index in [2.05, 4.69) is 118 Å². The minimum absolute atomic E-state index is 0.597. The fourth-order valence-corrected chi connectivity index (χ4v) is 7.98. The number of fused-ring (bicyclic) bond motifs is 6. The van der Waals surface area contributed by atoms with Crippen molar-refractivity contribution in [2.45, 2.75) is 19.3 Å². The minimum atomic E-state index is 0.597. The lowest BCUT2D eigenvalue weighted by atomic mass is 9.90. The summed E-state index contributed by atoms with van der Waals surface area (Å²) in [6.07, 6.45) is 12.3. The van der Waals surface area contributed by atoms with Crippen LogP contribution < -0.4 is 0 Å². The number of aromatic nitrogens is 2. The third-order valence-corrected chi connectivity index (χ3v) is 10.2. The van der Waals surface area contributed by atoms with Crippen LogP contribution in [0.25, 0.3) is 61.3 Å². The van der Waals surface area contributed by atoms with Crippen molar-refractivity contribution in [3.05, 3.63) is 173 Å². The smallest absolute Gasteiger partial charge is 0.101 e. The highest BCUT2D eigenvalue weighted by Crippen LogP contribution is 2.41. The zero-order valence-corrected chi connectivity index (χ0v) is 27.6. The quantitative estimate of drug-likeness (QED) is 0.190. The highest BCUT2D eigenvalue weighted by atomic mass is 15.0. The van der Waals surface area contributed by atoms with Crippen molar-refractivity contribution >= 4 is 49.9 Å². The monoisotopic (exact) mass is 651 g/mol. The first kappa shape index (κ1) is 30.0. The van der Waals surface area contributed by atoms with Crippen LogP contribution in [0.15, 0.2) is 139 Å². The molecule has 9 rings (SSSR count). The number of benzene rings is 5. The lowest BCUT2D eigenvalue weighted by Gasteiger charge is -2.20. The Bertz CT molecular complexity index is 2810. The molecule has 0 unspecified atom stereocenters. The van der Waals surface area contributed by atoms with Crippen molar-refractivity contribution in [1.82, 2.24) is 9.13 Å². The third-order valence-electron chi connectivity index (χ3n) is 10.2. The second-order valence-electron chi connectivity index (χ2n) is 13.0. The fraction of sp³-hybridized carbons (Fsp3) is 0.0652. The Morgan fingerprint density at radius 1 is 0.549 bits per heavy atom. The molecular formula is C46H29N5. The molecule has 2 aliphatic carbocycles. The molecule has 51 heavy (non-hydrogen) atoms. The van der Waals surface area contributed by atoms with Crippen molar-refractivity contribution in [2.75, 3.05) is 0 Å². The van der Waals surface area contributed by atoms with E-state index in [1.165, 1.54) is 10.8 Å². The highest BCUT2D eigenvalue weighted by molar-refractivity contribution is 6.09. The zero-order valence-electron chi connectivity index (χ0n) is 27.6. The summed E-state index contributed by atoms with van der Waals surface area (Å²) in [5.41, 5.74) is 13.3. The van der Waals surface area contributed by atoms with Gasteiger partial charge in [-0.05, 0) is 84.5 Å². The van der Waals surface area contributed by atoms with Crippen LogP contribution >= 0.6 is 0 Å².